The zero-order valence-electron chi connectivity index (χ0n) is 19.8. The highest BCUT2D eigenvalue weighted by molar-refractivity contribution is 5.90. The molecule has 0 unspecified atom stereocenters. The molecule has 0 N–H and O–H groups in total. The minimum Gasteiger partial charge on any atom is -0.469 e. The van der Waals surface area contributed by atoms with E-state index in [0.29, 0.717) is 44.9 Å². The van der Waals surface area contributed by atoms with Gasteiger partial charge in [-0.15, -0.1) is 0 Å². The zero-order valence-corrected chi connectivity index (χ0v) is 19.8. The van der Waals surface area contributed by atoms with Crippen molar-refractivity contribution in [2.24, 2.45) is 22.1 Å². The summed E-state index contributed by atoms with van der Waals surface area (Å²) in [6.07, 6.45) is 4.68. The Morgan fingerprint density at radius 2 is 1.53 bits per heavy atom. The van der Waals surface area contributed by atoms with Gasteiger partial charge in [-0.3, -0.25) is 14.4 Å². The second kappa shape index (κ2) is 15.2. The van der Waals surface area contributed by atoms with E-state index in [-0.39, 0.29) is 42.3 Å². The first-order chi connectivity index (χ1) is 15.4. The van der Waals surface area contributed by atoms with E-state index in [4.69, 9.17) is 19.1 Å². The molecule has 0 spiro atoms. The van der Waals surface area contributed by atoms with Crippen molar-refractivity contribution < 1.29 is 38.3 Å². The van der Waals surface area contributed by atoms with Crippen LogP contribution < -0.4 is 0 Å². The Morgan fingerprint density at radius 3 is 2.12 bits per heavy atom. The molecule has 1 aliphatic rings. The van der Waals surface area contributed by atoms with E-state index >= 15 is 0 Å². The predicted octanol–water partition coefficient (Wildman–Crippen LogP) is 3.03. The van der Waals surface area contributed by atoms with Crippen molar-refractivity contribution in [1.82, 2.24) is 0 Å². The number of ether oxygens (including phenoxy) is 3. The predicted molar refractivity (Wildman–Crippen MR) is 117 cm³/mol. The molecule has 0 heterocycles. The molecule has 10 nitrogen and oxygen atoms in total. The molecule has 1 aliphatic carbocycles. The van der Waals surface area contributed by atoms with Crippen LogP contribution in [0.15, 0.2) is 10.3 Å². The van der Waals surface area contributed by atoms with Crippen molar-refractivity contribution in [3.8, 4) is 0 Å². The van der Waals surface area contributed by atoms with Crippen molar-refractivity contribution in [2.75, 3.05) is 28.4 Å². The summed E-state index contributed by atoms with van der Waals surface area (Å²) < 4.78 is 15.0. The Balaban J connectivity index is 2.87. The maximum atomic E-state index is 11.7. The van der Waals surface area contributed by atoms with Crippen molar-refractivity contribution in [1.29, 1.82) is 0 Å². The van der Waals surface area contributed by atoms with Gasteiger partial charge < -0.3 is 23.9 Å². The van der Waals surface area contributed by atoms with Crippen molar-refractivity contribution in [3.63, 3.8) is 0 Å². The summed E-state index contributed by atoms with van der Waals surface area (Å²) in [6, 6.07) is 0. The average Bonchev–Trinajstić information content (AvgIpc) is 3.08. The van der Waals surface area contributed by atoms with Gasteiger partial charge in [-0.05, 0) is 38.5 Å². The van der Waals surface area contributed by atoms with Gasteiger partial charge in [-0.1, -0.05) is 10.3 Å². The second-order valence-corrected chi connectivity index (χ2v) is 7.66. The fraction of sp³-hybridized carbons (Fsp3) is 0.773. The van der Waals surface area contributed by atoms with Crippen LogP contribution in [0.1, 0.15) is 64.7 Å². The SMILES string of the molecule is CO/N=C(\CCCCC(=O)OC)CC[C@H]1[C@H](OC(C)=O)C/C(=N\OC)[C@@H]1CCC(=O)OC. The lowest BCUT2D eigenvalue weighted by Gasteiger charge is -2.24. The van der Waals surface area contributed by atoms with Gasteiger partial charge in [0.2, 0.25) is 0 Å². The Bertz CT molecular complexity index is 677. The molecule has 1 fully saturated rings. The van der Waals surface area contributed by atoms with Gasteiger partial charge in [0, 0.05) is 38.0 Å². The molecule has 0 radical (unpaired) electrons. The van der Waals surface area contributed by atoms with Gasteiger partial charge in [-0.25, -0.2) is 0 Å². The van der Waals surface area contributed by atoms with Crippen molar-refractivity contribution in [2.45, 2.75) is 70.8 Å². The van der Waals surface area contributed by atoms with Crippen LogP contribution in [0.4, 0.5) is 0 Å². The summed E-state index contributed by atoms with van der Waals surface area (Å²) in [5, 5.41) is 8.28. The van der Waals surface area contributed by atoms with Crippen LogP contribution in [-0.2, 0) is 38.3 Å². The van der Waals surface area contributed by atoms with Gasteiger partial charge in [-0.2, -0.15) is 0 Å². The van der Waals surface area contributed by atoms with E-state index in [1.54, 1.807) is 0 Å². The van der Waals surface area contributed by atoms with E-state index in [0.717, 1.165) is 17.8 Å². The number of oxime groups is 2. The number of unbranched alkanes of at least 4 members (excludes halogenated alkanes) is 1. The first kappa shape index (κ1) is 27.4. The van der Waals surface area contributed by atoms with Crippen LogP contribution in [0, 0.1) is 11.8 Å². The Labute approximate surface area is 189 Å². The Hall–Kier alpha value is -2.65. The van der Waals surface area contributed by atoms with Crippen LogP contribution in [-0.4, -0.2) is 63.9 Å². The molecule has 0 amide bonds. The number of carbonyl (C=O) groups is 3. The topological polar surface area (TPSA) is 122 Å². The van der Waals surface area contributed by atoms with Crippen LogP contribution in [0.5, 0.6) is 0 Å². The van der Waals surface area contributed by atoms with Crippen LogP contribution >= 0.6 is 0 Å². The van der Waals surface area contributed by atoms with E-state index in [2.05, 4.69) is 15.0 Å². The minimum absolute atomic E-state index is 0.0467. The second-order valence-electron chi connectivity index (χ2n) is 7.66. The minimum atomic E-state index is -0.362. The van der Waals surface area contributed by atoms with Crippen LogP contribution in [0.25, 0.3) is 0 Å². The lowest BCUT2D eigenvalue weighted by atomic mass is 9.85. The summed E-state index contributed by atoms with van der Waals surface area (Å²) in [6.45, 7) is 1.38. The molecular formula is C22H36N2O8. The summed E-state index contributed by atoms with van der Waals surface area (Å²) in [7, 11) is 5.69. The number of hydrogen-bond acceptors (Lipinski definition) is 10. The monoisotopic (exact) mass is 456 g/mol. The smallest absolute Gasteiger partial charge is 0.305 e. The first-order valence-corrected chi connectivity index (χ1v) is 10.9. The van der Waals surface area contributed by atoms with Crippen molar-refractivity contribution in [3.05, 3.63) is 0 Å². The lowest BCUT2D eigenvalue weighted by Crippen LogP contribution is -2.26. The molecular weight excluding hydrogens is 420 g/mol. The standard InChI is InChI=1S/C22H36N2O8/c1-15(25)32-20-14-19(24-31-5)17(12-13-22(27)29-3)18(20)11-10-16(23-30-4)8-6-7-9-21(26)28-2/h17-18,20H,6-14H2,1-5H3/b23-16+,24-19+/t17-,18-,20-/m1/s1. The first-order valence-electron chi connectivity index (χ1n) is 10.9. The maximum Gasteiger partial charge on any atom is 0.305 e. The number of nitrogens with zero attached hydrogens (tertiary/aromatic N) is 2. The van der Waals surface area contributed by atoms with Gasteiger partial charge >= 0.3 is 17.9 Å². The molecule has 0 bridgehead atoms. The Morgan fingerprint density at radius 1 is 0.875 bits per heavy atom. The fourth-order valence-corrected chi connectivity index (χ4v) is 4.10. The molecule has 1 saturated carbocycles. The highest BCUT2D eigenvalue weighted by Gasteiger charge is 2.43. The third-order valence-corrected chi connectivity index (χ3v) is 5.56. The van der Waals surface area contributed by atoms with E-state index in [1.807, 2.05) is 0 Å². The summed E-state index contributed by atoms with van der Waals surface area (Å²) in [5.74, 6) is -1.03. The van der Waals surface area contributed by atoms with E-state index in [1.165, 1.54) is 35.4 Å². The van der Waals surface area contributed by atoms with Crippen LogP contribution in [0.2, 0.25) is 0 Å². The summed E-state index contributed by atoms with van der Waals surface area (Å²) in [4.78, 5) is 44.7. The normalized spacial score (nSPS) is 21.8. The lowest BCUT2D eigenvalue weighted by molar-refractivity contribution is -0.149. The van der Waals surface area contributed by atoms with Gasteiger partial charge in [0.05, 0.1) is 25.6 Å². The highest BCUT2D eigenvalue weighted by atomic mass is 16.6. The molecule has 32 heavy (non-hydrogen) atoms. The number of hydrogen-bond donors (Lipinski definition) is 0. The van der Waals surface area contributed by atoms with Crippen molar-refractivity contribution >= 4 is 29.3 Å². The molecule has 10 heteroatoms. The summed E-state index contributed by atoms with van der Waals surface area (Å²) >= 11 is 0. The fourth-order valence-electron chi connectivity index (χ4n) is 4.10. The largest absolute Gasteiger partial charge is 0.469 e. The van der Waals surface area contributed by atoms with Gasteiger partial charge in [0.1, 0.15) is 20.3 Å². The Kier molecular flexibility index (Phi) is 13.0. The van der Waals surface area contributed by atoms with E-state index < -0.39 is 0 Å². The molecule has 1 rings (SSSR count). The molecule has 0 aliphatic heterocycles. The van der Waals surface area contributed by atoms with E-state index in [9.17, 15) is 14.4 Å². The number of esters is 3. The quantitative estimate of drug-likeness (QED) is 0.128. The van der Waals surface area contributed by atoms with Gasteiger partial charge in [0.15, 0.2) is 0 Å². The molecule has 0 aromatic carbocycles. The molecule has 3 atom stereocenters. The summed E-state index contributed by atoms with van der Waals surface area (Å²) in [5.41, 5.74) is 1.64. The molecule has 0 aromatic heterocycles. The van der Waals surface area contributed by atoms with Crippen LogP contribution in [0.3, 0.4) is 0 Å². The molecule has 0 saturated heterocycles. The maximum absolute atomic E-state index is 11.7. The third kappa shape index (κ3) is 9.65. The number of carbonyl (C=O) groups excluding carboxylic acids is 3. The highest BCUT2D eigenvalue weighted by Crippen LogP contribution is 2.39. The molecule has 0 aromatic rings. The third-order valence-electron chi connectivity index (χ3n) is 5.56. The number of rotatable bonds is 14. The van der Waals surface area contributed by atoms with Gasteiger partial charge in [0.25, 0.3) is 0 Å². The zero-order chi connectivity index (χ0) is 23.9. The molecule has 182 valence electrons. The average molecular weight is 457 g/mol. The number of methoxy groups -OCH3 is 2.